The van der Waals surface area contributed by atoms with E-state index in [0.717, 1.165) is 10.4 Å². The molecule has 8 nitrogen and oxygen atoms in total. The summed E-state index contributed by atoms with van der Waals surface area (Å²) in [7, 11) is -4.17. The number of halogens is 3. The third kappa shape index (κ3) is 4.21. The lowest BCUT2D eigenvalue weighted by Crippen LogP contribution is -2.45. The summed E-state index contributed by atoms with van der Waals surface area (Å²) in [5, 5.41) is 12.2. The van der Waals surface area contributed by atoms with Crippen LogP contribution in [-0.4, -0.2) is 43.4 Å². The van der Waals surface area contributed by atoms with Crippen molar-refractivity contribution < 1.29 is 31.3 Å². The second-order valence-corrected chi connectivity index (χ2v) is 9.22. The second kappa shape index (κ2) is 8.03. The van der Waals surface area contributed by atoms with Gasteiger partial charge in [-0.25, -0.2) is 8.42 Å². The Balaban J connectivity index is 1.69. The van der Waals surface area contributed by atoms with Gasteiger partial charge in [0.05, 0.1) is 22.1 Å². The van der Waals surface area contributed by atoms with Crippen LogP contribution in [0.4, 0.5) is 24.5 Å². The molecule has 1 heterocycles. The minimum atomic E-state index is -4.80. The fourth-order valence-electron chi connectivity index (χ4n) is 3.83. The maximum absolute atomic E-state index is 13.2. The molecule has 1 aliphatic rings. The van der Waals surface area contributed by atoms with E-state index in [2.05, 4.69) is 0 Å². The van der Waals surface area contributed by atoms with Gasteiger partial charge in [-0.05, 0) is 17.5 Å². The summed E-state index contributed by atoms with van der Waals surface area (Å²) in [4.78, 5) is 23.8. The SMILES string of the molecule is O=C(CN1c2cccc3cccc(c23)S1(=O)=O)N(Cc1ccccc1[N+](=O)[O-])CC(F)(F)F. The Morgan fingerprint density at radius 3 is 2.36 bits per heavy atom. The summed E-state index contributed by atoms with van der Waals surface area (Å²) < 4.78 is 66.6. The molecule has 0 saturated heterocycles. The smallest absolute Gasteiger partial charge is 0.327 e. The zero-order valence-electron chi connectivity index (χ0n) is 16.8. The largest absolute Gasteiger partial charge is 0.406 e. The van der Waals surface area contributed by atoms with Crippen molar-refractivity contribution >= 4 is 38.1 Å². The normalized spacial score (nSPS) is 14.5. The topological polar surface area (TPSA) is 101 Å². The standard InChI is InChI=1S/C21H16F3N3O5S/c22-21(23,24)13-25(11-15-5-1-2-8-16(15)27(29)30)19(28)12-26-17-9-3-6-14-7-4-10-18(20(14)17)33(26,31)32/h1-10H,11-13H2. The number of benzene rings is 3. The van der Waals surface area contributed by atoms with Crippen LogP contribution in [-0.2, 0) is 21.4 Å². The molecule has 0 radical (unpaired) electrons. The maximum Gasteiger partial charge on any atom is 0.406 e. The van der Waals surface area contributed by atoms with E-state index in [1.165, 1.54) is 36.4 Å². The number of nitro groups is 1. The lowest BCUT2D eigenvalue weighted by atomic mass is 10.1. The van der Waals surface area contributed by atoms with Crippen molar-refractivity contribution in [3.63, 3.8) is 0 Å². The van der Waals surface area contributed by atoms with Gasteiger partial charge in [0.15, 0.2) is 0 Å². The molecule has 172 valence electrons. The molecular weight excluding hydrogens is 463 g/mol. The molecule has 0 saturated carbocycles. The third-order valence-corrected chi connectivity index (χ3v) is 7.03. The number of hydrogen-bond donors (Lipinski definition) is 0. The number of hydrogen-bond acceptors (Lipinski definition) is 5. The number of anilines is 1. The van der Waals surface area contributed by atoms with Crippen LogP contribution in [0.3, 0.4) is 0 Å². The molecule has 33 heavy (non-hydrogen) atoms. The van der Waals surface area contributed by atoms with E-state index in [9.17, 15) is 36.5 Å². The van der Waals surface area contributed by atoms with Gasteiger partial charge in [0, 0.05) is 17.0 Å². The number of carbonyl (C=O) groups excluding carboxylic acids is 1. The fourth-order valence-corrected chi connectivity index (χ4v) is 5.49. The quantitative estimate of drug-likeness (QED) is 0.395. The molecular formula is C21H16F3N3O5S. The van der Waals surface area contributed by atoms with E-state index >= 15 is 0 Å². The van der Waals surface area contributed by atoms with Gasteiger partial charge in [0.2, 0.25) is 5.91 Å². The van der Waals surface area contributed by atoms with Crippen molar-refractivity contribution in [3.05, 3.63) is 76.3 Å². The lowest BCUT2D eigenvalue weighted by Gasteiger charge is -2.27. The summed E-state index contributed by atoms with van der Waals surface area (Å²) in [5.41, 5.74) is -0.354. The average Bonchev–Trinajstić information content (AvgIpc) is 2.96. The highest BCUT2D eigenvalue weighted by Crippen LogP contribution is 2.42. The Bertz CT molecular complexity index is 1370. The molecule has 3 aromatic rings. The first kappa shape index (κ1) is 22.5. The van der Waals surface area contributed by atoms with Crippen molar-refractivity contribution in [2.24, 2.45) is 0 Å². The van der Waals surface area contributed by atoms with E-state index in [-0.39, 0.29) is 16.1 Å². The van der Waals surface area contributed by atoms with Crippen LogP contribution in [0.2, 0.25) is 0 Å². The minimum Gasteiger partial charge on any atom is -0.327 e. The monoisotopic (exact) mass is 479 g/mol. The van der Waals surface area contributed by atoms with Gasteiger partial charge in [0.1, 0.15) is 13.1 Å². The maximum atomic E-state index is 13.2. The van der Waals surface area contributed by atoms with Crippen molar-refractivity contribution in [1.82, 2.24) is 4.90 Å². The summed E-state index contributed by atoms with van der Waals surface area (Å²) in [5.74, 6) is -1.14. The van der Waals surface area contributed by atoms with Crippen LogP contribution in [0.25, 0.3) is 10.8 Å². The molecule has 1 aliphatic heterocycles. The van der Waals surface area contributed by atoms with Gasteiger partial charge < -0.3 is 4.90 Å². The lowest BCUT2D eigenvalue weighted by molar-refractivity contribution is -0.385. The summed E-state index contributed by atoms with van der Waals surface area (Å²) in [6.45, 7) is -3.28. The zero-order chi connectivity index (χ0) is 24.0. The number of nitrogens with zero attached hydrogens (tertiary/aromatic N) is 3. The van der Waals surface area contributed by atoms with Crippen LogP contribution in [0.15, 0.2) is 65.6 Å². The molecule has 4 rings (SSSR count). The molecule has 0 spiro atoms. The molecule has 0 bridgehead atoms. The van der Waals surface area contributed by atoms with E-state index < -0.39 is 52.4 Å². The summed E-state index contributed by atoms with van der Waals surface area (Å²) in [6, 6.07) is 14.5. The van der Waals surface area contributed by atoms with E-state index in [4.69, 9.17) is 0 Å². The van der Waals surface area contributed by atoms with Crippen molar-refractivity contribution in [1.29, 1.82) is 0 Å². The first-order valence-electron chi connectivity index (χ1n) is 9.60. The number of para-hydroxylation sites is 1. The number of amides is 1. The van der Waals surface area contributed by atoms with Crippen molar-refractivity contribution in [2.75, 3.05) is 17.4 Å². The number of alkyl halides is 3. The highest BCUT2D eigenvalue weighted by Gasteiger charge is 2.39. The van der Waals surface area contributed by atoms with Crippen LogP contribution in [0, 0.1) is 10.1 Å². The van der Waals surface area contributed by atoms with Crippen LogP contribution in [0.5, 0.6) is 0 Å². The number of carbonyl (C=O) groups is 1. The Morgan fingerprint density at radius 1 is 1.03 bits per heavy atom. The van der Waals surface area contributed by atoms with Gasteiger partial charge in [-0.2, -0.15) is 13.2 Å². The fraction of sp³-hybridized carbons (Fsp3) is 0.190. The highest BCUT2D eigenvalue weighted by atomic mass is 32.2. The van der Waals surface area contributed by atoms with Crippen molar-refractivity contribution in [2.45, 2.75) is 17.6 Å². The molecule has 1 amide bonds. The Hall–Kier alpha value is -3.67. The first-order valence-corrected chi connectivity index (χ1v) is 11.0. The molecule has 0 aromatic heterocycles. The number of rotatable bonds is 6. The van der Waals surface area contributed by atoms with Crippen LogP contribution in [0.1, 0.15) is 5.56 Å². The molecule has 0 N–H and O–H groups in total. The van der Waals surface area contributed by atoms with E-state index in [1.54, 1.807) is 18.2 Å². The molecule has 12 heteroatoms. The van der Waals surface area contributed by atoms with E-state index in [1.807, 2.05) is 0 Å². The molecule has 0 aliphatic carbocycles. The first-order chi connectivity index (χ1) is 15.5. The number of nitro benzene ring substituents is 1. The molecule has 0 atom stereocenters. The predicted molar refractivity (Wildman–Crippen MR) is 113 cm³/mol. The van der Waals surface area contributed by atoms with Gasteiger partial charge in [-0.15, -0.1) is 0 Å². The third-order valence-electron chi connectivity index (χ3n) is 5.23. The summed E-state index contributed by atoms with van der Waals surface area (Å²) in [6.07, 6.45) is -4.80. The predicted octanol–water partition coefficient (Wildman–Crippen LogP) is 3.85. The highest BCUT2D eigenvalue weighted by molar-refractivity contribution is 7.93. The molecule has 0 fully saturated rings. The summed E-state index contributed by atoms with van der Waals surface area (Å²) >= 11 is 0. The van der Waals surface area contributed by atoms with Gasteiger partial charge >= 0.3 is 6.18 Å². The van der Waals surface area contributed by atoms with Gasteiger partial charge in [-0.1, -0.05) is 42.5 Å². The average molecular weight is 479 g/mol. The van der Waals surface area contributed by atoms with Gasteiger partial charge in [0.25, 0.3) is 15.7 Å². The van der Waals surface area contributed by atoms with E-state index in [0.29, 0.717) is 15.7 Å². The van der Waals surface area contributed by atoms with Gasteiger partial charge in [-0.3, -0.25) is 19.2 Å². The Labute approximate surface area is 186 Å². The van der Waals surface area contributed by atoms with Crippen molar-refractivity contribution in [3.8, 4) is 0 Å². The van der Waals surface area contributed by atoms with Crippen LogP contribution < -0.4 is 4.31 Å². The number of sulfonamides is 1. The zero-order valence-corrected chi connectivity index (χ0v) is 17.6. The molecule has 3 aromatic carbocycles. The Kier molecular flexibility index (Phi) is 5.48. The minimum absolute atomic E-state index is 0.0375. The molecule has 0 unspecified atom stereocenters. The Morgan fingerprint density at radius 2 is 1.70 bits per heavy atom. The second-order valence-electron chi connectivity index (χ2n) is 7.39. The van der Waals surface area contributed by atoms with Crippen LogP contribution >= 0.6 is 0 Å².